The Labute approximate surface area is 104 Å². The van der Waals surface area contributed by atoms with Crippen LogP contribution < -0.4 is 10.1 Å². The molecule has 1 amide bonds. The van der Waals surface area contributed by atoms with Crippen molar-refractivity contribution in [1.29, 1.82) is 0 Å². The highest BCUT2D eigenvalue weighted by molar-refractivity contribution is 5.92. The van der Waals surface area contributed by atoms with Crippen LogP contribution in [0.5, 0.6) is 5.75 Å². The zero-order valence-corrected chi connectivity index (χ0v) is 9.96. The summed E-state index contributed by atoms with van der Waals surface area (Å²) in [6.45, 7) is 1.88. The summed E-state index contributed by atoms with van der Waals surface area (Å²) in [5.74, 6) is 0.727. The molecular weight excluding hydrogens is 232 g/mol. The fraction of sp³-hybridized carbons (Fsp3) is 0.250. The summed E-state index contributed by atoms with van der Waals surface area (Å²) in [5, 5.41) is 8.82. The van der Waals surface area contributed by atoms with Crippen molar-refractivity contribution < 1.29 is 9.53 Å². The van der Waals surface area contributed by atoms with Crippen LogP contribution in [0.25, 0.3) is 0 Å². The van der Waals surface area contributed by atoms with E-state index in [2.05, 4.69) is 20.5 Å². The zero-order chi connectivity index (χ0) is 12.8. The molecule has 6 heteroatoms. The number of hydrogen-bond donors (Lipinski definition) is 2. The van der Waals surface area contributed by atoms with Gasteiger partial charge in [0.1, 0.15) is 12.1 Å². The monoisotopic (exact) mass is 246 g/mol. The van der Waals surface area contributed by atoms with Crippen LogP contribution in [0.3, 0.4) is 0 Å². The van der Waals surface area contributed by atoms with Crippen molar-refractivity contribution in [2.24, 2.45) is 0 Å². The number of para-hydroxylation sites is 1. The summed E-state index contributed by atoms with van der Waals surface area (Å²) in [5.41, 5.74) is 0. The van der Waals surface area contributed by atoms with Crippen LogP contribution in [0.1, 0.15) is 13.3 Å². The van der Waals surface area contributed by atoms with Gasteiger partial charge in [-0.05, 0) is 18.6 Å². The van der Waals surface area contributed by atoms with E-state index in [-0.39, 0.29) is 5.91 Å². The van der Waals surface area contributed by atoms with E-state index >= 15 is 0 Å². The summed E-state index contributed by atoms with van der Waals surface area (Å²) in [4.78, 5) is 15.7. The van der Waals surface area contributed by atoms with Crippen molar-refractivity contribution in [2.75, 3.05) is 5.32 Å². The molecule has 94 valence electrons. The molecule has 1 heterocycles. The number of hydrogen-bond acceptors (Lipinski definition) is 4. The molecule has 2 N–H and O–H groups in total. The van der Waals surface area contributed by atoms with Crippen molar-refractivity contribution in [2.45, 2.75) is 19.4 Å². The Morgan fingerprint density at radius 3 is 2.83 bits per heavy atom. The first kappa shape index (κ1) is 12.1. The minimum atomic E-state index is -0.558. The second kappa shape index (κ2) is 5.81. The van der Waals surface area contributed by atoms with Crippen LogP contribution in [0, 0.1) is 0 Å². The highest BCUT2D eigenvalue weighted by Gasteiger charge is 2.19. The van der Waals surface area contributed by atoms with Gasteiger partial charge in [-0.2, -0.15) is 10.1 Å². The molecule has 0 bridgehead atoms. The van der Waals surface area contributed by atoms with Gasteiger partial charge in [-0.15, -0.1) is 0 Å². The summed E-state index contributed by atoms with van der Waals surface area (Å²) in [6.07, 6.45) is 1.33. The Kier molecular flexibility index (Phi) is 3.90. The van der Waals surface area contributed by atoms with Crippen LogP contribution in [0.2, 0.25) is 0 Å². The molecule has 0 fully saturated rings. The predicted octanol–water partition coefficient (Wildman–Crippen LogP) is 1.60. The average Bonchev–Trinajstić information content (AvgIpc) is 2.90. The number of aromatic nitrogens is 3. The van der Waals surface area contributed by atoms with Crippen molar-refractivity contribution in [3.8, 4) is 5.75 Å². The number of anilines is 1. The molecule has 0 aliphatic carbocycles. The normalized spacial score (nSPS) is 11.8. The molecule has 0 spiro atoms. The topological polar surface area (TPSA) is 79.9 Å². The Morgan fingerprint density at radius 1 is 1.44 bits per heavy atom. The van der Waals surface area contributed by atoms with Gasteiger partial charge in [0.15, 0.2) is 6.10 Å². The molecule has 18 heavy (non-hydrogen) atoms. The second-order valence-corrected chi connectivity index (χ2v) is 3.65. The highest BCUT2D eigenvalue weighted by atomic mass is 16.5. The zero-order valence-electron chi connectivity index (χ0n) is 9.96. The van der Waals surface area contributed by atoms with E-state index in [1.54, 1.807) is 0 Å². The Balaban J connectivity index is 1.98. The van der Waals surface area contributed by atoms with Crippen LogP contribution in [0.15, 0.2) is 36.7 Å². The molecule has 1 atom stereocenters. The number of amides is 1. The number of benzene rings is 1. The maximum atomic E-state index is 11.9. The molecule has 1 aromatic carbocycles. The van der Waals surface area contributed by atoms with Gasteiger partial charge in [-0.1, -0.05) is 25.1 Å². The van der Waals surface area contributed by atoms with Gasteiger partial charge in [-0.3, -0.25) is 10.1 Å². The van der Waals surface area contributed by atoms with Crippen LogP contribution >= 0.6 is 0 Å². The number of rotatable bonds is 5. The van der Waals surface area contributed by atoms with E-state index in [9.17, 15) is 4.79 Å². The Hall–Kier alpha value is -2.37. The standard InChI is InChI=1S/C12H14N4O2/c1-2-10(18-9-6-4-3-5-7-9)11(17)15-12-13-8-14-16-12/h3-8,10H,2H2,1H3,(H2,13,14,15,16,17). The molecule has 2 rings (SSSR count). The molecule has 0 aliphatic heterocycles. The average molecular weight is 246 g/mol. The van der Waals surface area contributed by atoms with Crippen molar-refractivity contribution in [3.05, 3.63) is 36.7 Å². The molecule has 0 saturated carbocycles. The van der Waals surface area contributed by atoms with Crippen molar-refractivity contribution in [3.63, 3.8) is 0 Å². The van der Waals surface area contributed by atoms with Gasteiger partial charge in [0.25, 0.3) is 5.91 Å². The lowest BCUT2D eigenvalue weighted by molar-refractivity contribution is -0.122. The first-order chi connectivity index (χ1) is 8.79. The second-order valence-electron chi connectivity index (χ2n) is 3.65. The molecule has 0 aliphatic rings. The maximum absolute atomic E-state index is 11.9. The van der Waals surface area contributed by atoms with Crippen LogP contribution in [0.4, 0.5) is 5.95 Å². The van der Waals surface area contributed by atoms with Gasteiger partial charge >= 0.3 is 0 Å². The maximum Gasteiger partial charge on any atom is 0.267 e. The quantitative estimate of drug-likeness (QED) is 0.839. The summed E-state index contributed by atoms with van der Waals surface area (Å²) in [7, 11) is 0. The number of ether oxygens (including phenoxy) is 1. The van der Waals surface area contributed by atoms with E-state index in [1.807, 2.05) is 37.3 Å². The molecule has 0 saturated heterocycles. The molecular formula is C12H14N4O2. The molecule has 6 nitrogen and oxygen atoms in total. The molecule has 2 aromatic rings. The van der Waals surface area contributed by atoms with E-state index < -0.39 is 6.10 Å². The Bertz CT molecular complexity index is 484. The summed E-state index contributed by atoms with van der Waals surface area (Å²) >= 11 is 0. The smallest absolute Gasteiger partial charge is 0.267 e. The lowest BCUT2D eigenvalue weighted by atomic mass is 10.2. The lowest BCUT2D eigenvalue weighted by Crippen LogP contribution is -2.32. The van der Waals surface area contributed by atoms with E-state index in [1.165, 1.54) is 6.33 Å². The molecule has 1 unspecified atom stereocenters. The van der Waals surface area contributed by atoms with Gasteiger partial charge in [0.05, 0.1) is 0 Å². The fourth-order valence-electron chi connectivity index (χ4n) is 1.45. The third kappa shape index (κ3) is 3.07. The lowest BCUT2D eigenvalue weighted by Gasteiger charge is -2.16. The van der Waals surface area contributed by atoms with Gasteiger partial charge in [0.2, 0.25) is 5.95 Å². The van der Waals surface area contributed by atoms with Crippen LogP contribution in [-0.2, 0) is 4.79 Å². The Morgan fingerprint density at radius 2 is 2.22 bits per heavy atom. The fourth-order valence-corrected chi connectivity index (χ4v) is 1.45. The SMILES string of the molecule is CCC(Oc1ccccc1)C(=O)Nc1ncn[nH]1. The number of nitrogens with one attached hydrogen (secondary N) is 2. The first-order valence-corrected chi connectivity index (χ1v) is 5.67. The number of nitrogens with zero attached hydrogens (tertiary/aromatic N) is 2. The van der Waals surface area contributed by atoms with Gasteiger partial charge < -0.3 is 4.74 Å². The number of H-pyrrole nitrogens is 1. The summed E-state index contributed by atoms with van der Waals surface area (Å²) < 4.78 is 5.60. The van der Waals surface area contributed by atoms with E-state index in [0.717, 1.165) is 0 Å². The minimum absolute atomic E-state index is 0.252. The minimum Gasteiger partial charge on any atom is -0.481 e. The van der Waals surface area contributed by atoms with Crippen LogP contribution in [-0.4, -0.2) is 27.2 Å². The molecule has 0 radical (unpaired) electrons. The largest absolute Gasteiger partial charge is 0.481 e. The highest BCUT2D eigenvalue weighted by Crippen LogP contribution is 2.13. The van der Waals surface area contributed by atoms with Crippen molar-refractivity contribution in [1.82, 2.24) is 15.2 Å². The van der Waals surface area contributed by atoms with E-state index in [4.69, 9.17) is 4.74 Å². The van der Waals surface area contributed by atoms with Gasteiger partial charge in [0, 0.05) is 0 Å². The first-order valence-electron chi connectivity index (χ1n) is 5.67. The summed E-state index contributed by atoms with van der Waals surface area (Å²) in [6, 6.07) is 9.23. The van der Waals surface area contributed by atoms with Crippen molar-refractivity contribution >= 4 is 11.9 Å². The van der Waals surface area contributed by atoms with E-state index in [0.29, 0.717) is 18.1 Å². The number of aromatic amines is 1. The third-order valence-electron chi connectivity index (χ3n) is 2.34. The number of carbonyl (C=O) groups is 1. The predicted molar refractivity (Wildman–Crippen MR) is 66.2 cm³/mol. The van der Waals surface area contributed by atoms with Gasteiger partial charge in [-0.25, -0.2) is 5.10 Å². The molecule has 1 aromatic heterocycles. The number of carbonyl (C=O) groups excluding carboxylic acids is 1. The third-order valence-corrected chi connectivity index (χ3v) is 2.34.